The topological polar surface area (TPSA) is 86.1 Å². The van der Waals surface area contributed by atoms with E-state index in [0.29, 0.717) is 11.0 Å². The van der Waals surface area contributed by atoms with Crippen LogP contribution in [0.1, 0.15) is 12.7 Å². The van der Waals surface area contributed by atoms with Crippen molar-refractivity contribution in [1.82, 2.24) is 14.8 Å². The number of halogens is 2. The fourth-order valence-corrected chi connectivity index (χ4v) is 2.61. The normalized spacial score (nSPS) is 10.6. The van der Waals surface area contributed by atoms with Gasteiger partial charge in [-0.3, -0.25) is 9.59 Å². The number of carbonyl (C=O) groups excluding carboxylic acids is 2. The van der Waals surface area contributed by atoms with Crippen LogP contribution >= 0.6 is 11.8 Å². The molecule has 0 atom stereocenters. The molecule has 1 heterocycles. The predicted octanol–water partition coefficient (Wildman–Crippen LogP) is 1.93. The third-order valence-electron chi connectivity index (χ3n) is 3.07. The fraction of sp³-hybridized carbons (Fsp3) is 0.333. The lowest BCUT2D eigenvalue weighted by Gasteiger charge is -2.06. The summed E-state index contributed by atoms with van der Waals surface area (Å²) in [5.41, 5.74) is -0.230. The van der Waals surface area contributed by atoms with Crippen LogP contribution in [0.25, 0.3) is 0 Å². The number of aromatic nitrogens is 3. The molecule has 25 heavy (non-hydrogen) atoms. The Labute approximate surface area is 146 Å². The zero-order valence-corrected chi connectivity index (χ0v) is 14.4. The van der Waals surface area contributed by atoms with E-state index in [4.69, 9.17) is 4.74 Å². The molecule has 0 saturated heterocycles. The van der Waals surface area contributed by atoms with Crippen LogP contribution in [0.4, 0.5) is 14.5 Å². The fourth-order valence-electron chi connectivity index (χ4n) is 1.88. The van der Waals surface area contributed by atoms with Crippen molar-refractivity contribution in [3.63, 3.8) is 0 Å². The van der Waals surface area contributed by atoms with Crippen LogP contribution < -0.4 is 5.32 Å². The summed E-state index contributed by atoms with van der Waals surface area (Å²) in [4.78, 5) is 23.3. The summed E-state index contributed by atoms with van der Waals surface area (Å²) in [6.45, 7) is 1.98. The maximum Gasteiger partial charge on any atom is 0.313 e. The number of anilines is 1. The van der Waals surface area contributed by atoms with E-state index in [1.807, 2.05) is 0 Å². The van der Waals surface area contributed by atoms with Gasteiger partial charge in [0.25, 0.3) is 0 Å². The highest BCUT2D eigenvalue weighted by atomic mass is 32.2. The van der Waals surface area contributed by atoms with Gasteiger partial charge in [-0.1, -0.05) is 11.8 Å². The first-order valence-electron chi connectivity index (χ1n) is 7.32. The van der Waals surface area contributed by atoms with Crippen LogP contribution in [-0.2, 0) is 27.8 Å². The zero-order chi connectivity index (χ0) is 18.4. The molecule has 134 valence electrons. The minimum atomic E-state index is -0.727. The standard InChI is InChI=1S/C15H16F2N4O3S/c1-3-24-14(23)7-12-19-20-15(21(12)2)25-8-13(22)18-11-6-9(16)4-5-10(11)17/h4-6H,3,7-8H2,1-2H3,(H,18,22). The van der Waals surface area contributed by atoms with Crippen LogP contribution in [0.5, 0.6) is 0 Å². The predicted molar refractivity (Wildman–Crippen MR) is 87.1 cm³/mol. The Morgan fingerprint density at radius 2 is 2.08 bits per heavy atom. The van der Waals surface area contributed by atoms with Crippen molar-refractivity contribution < 1.29 is 23.1 Å². The molecule has 0 bridgehead atoms. The average molecular weight is 370 g/mol. The van der Waals surface area contributed by atoms with Gasteiger partial charge in [-0.25, -0.2) is 8.78 Å². The summed E-state index contributed by atoms with van der Waals surface area (Å²) in [6, 6.07) is 2.80. The number of hydrogen-bond donors (Lipinski definition) is 1. The van der Waals surface area contributed by atoms with E-state index in [2.05, 4.69) is 15.5 Å². The zero-order valence-electron chi connectivity index (χ0n) is 13.6. The molecule has 10 heteroatoms. The van der Waals surface area contributed by atoms with Gasteiger partial charge in [-0.15, -0.1) is 10.2 Å². The Bertz CT molecular complexity index is 782. The van der Waals surface area contributed by atoms with Crippen molar-refractivity contribution in [3.8, 4) is 0 Å². The molecule has 1 N–H and O–H groups in total. The van der Waals surface area contributed by atoms with Crippen LogP contribution in [0.2, 0.25) is 0 Å². The van der Waals surface area contributed by atoms with Crippen LogP contribution in [0.15, 0.2) is 23.4 Å². The van der Waals surface area contributed by atoms with Crippen LogP contribution in [0.3, 0.4) is 0 Å². The number of benzene rings is 1. The molecule has 1 amide bonds. The van der Waals surface area contributed by atoms with Crippen molar-refractivity contribution >= 4 is 29.3 Å². The summed E-state index contributed by atoms with van der Waals surface area (Å²) in [6.07, 6.45) is -0.0292. The van der Waals surface area contributed by atoms with Gasteiger partial charge < -0.3 is 14.6 Å². The first-order valence-corrected chi connectivity index (χ1v) is 8.30. The van der Waals surface area contributed by atoms with E-state index >= 15 is 0 Å². The Balaban J connectivity index is 1.92. The summed E-state index contributed by atoms with van der Waals surface area (Å²) >= 11 is 1.05. The molecule has 1 aromatic carbocycles. The highest BCUT2D eigenvalue weighted by Crippen LogP contribution is 2.18. The van der Waals surface area contributed by atoms with E-state index in [-0.39, 0.29) is 24.5 Å². The van der Waals surface area contributed by atoms with Gasteiger partial charge in [-0.2, -0.15) is 0 Å². The lowest BCUT2D eigenvalue weighted by atomic mass is 10.3. The van der Waals surface area contributed by atoms with Crippen LogP contribution in [-0.4, -0.2) is 39.0 Å². The lowest BCUT2D eigenvalue weighted by Crippen LogP contribution is -2.16. The maximum atomic E-state index is 13.5. The second kappa shape index (κ2) is 8.56. The molecule has 0 fully saturated rings. The third-order valence-corrected chi connectivity index (χ3v) is 4.09. The molecule has 2 aromatic rings. The number of nitrogens with zero attached hydrogens (tertiary/aromatic N) is 3. The molecule has 0 aliphatic rings. The lowest BCUT2D eigenvalue weighted by molar-refractivity contribution is -0.142. The number of thioether (sulfide) groups is 1. The molecule has 0 unspecified atom stereocenters. The van der Waals surface area contributed by atoms with Crippen molar-refractivity contribution in [2.45, 2.75) is 18.5 Å². The number of carbonyl (C=O) groups is 2. The quantitative estimate of drug-likeness (QED) is 0.592. The van der Waals surface area contributed by atoms with Crippen LogP contribution in [0, 0.1) is 11.6 Å². The van der Waals surface area contributed by atoms with Gasteiger partial charge in [0, 0.05) is 13.1 Å². The molecule has 1 aromatic heterocycles. The molecule has 0 saturated carbocycles. The minimum Gasteiger partial charge on any atom is -0.466 e. The van der Waals surface area contributed by atoms with Gasteiger partial charge >= 0.3 is 5.97 Å². The highest BCUT2D eigenvalue weighted by Gasteiger charge is 2.15. The van der Waals surface area contributed by atoms with Gasteiger partial charge in [0.05, 0.1) is 18.0 Å². The number of rotatable bonds is 7. The van der Waals surface area contributed by atoms with Crippen molar-refractivity contribution in [3.05, 3.63) is 35.7 Å². The summed E-state index contributed by atoms with van der Waals surface area (Å²) < 4.78 is 33.0. The van der Waals surface area contributed by atoms with Gasteiger partial charge in [0.1, 0.15) is 23.9 Å². The van der Waals surface area contributed by atoms with Gasteiger partial charge in [0.15, 0.2) is 5.16 Å². The Kier molecular flexibility index (Phi) is 6.45. The summed E-state index contributed by atoms with van der Waals surface area (Å²) in [5, 5.41) is 10.5. The van der Waals surface area contributed by atoms with Gasteiger partial charge in [0.2, 0.25) is 5.91 Å². The minimum absolute atomic E-state index is 0.0292. The summed E-state index contributed by atoms with van der Waals surface area (Å²) in [7, 11) is 1.65. The third kappa shape index (κ3) is 5.24. The highest BCUT2D eigenvalue weighted by molar-refractivity contribution is 7.99. The molecule has 7 nitrogen and oxygen atoms in total. The maximum absolute atomic E-state index is 13.5. The van der Waals surface area contributed by atoms with E-state index < -0.39 is 23.5 Å². The number of ether oxygens (including phenoxy) is 1. The van der Waals surface area contributed by atoms with E-state index in [9.17, 15) is 18.4 Å². The number of amides is 1. The first kappa shape index (κ1) is 18.8. The summed E-state index contributed by atoms with van der Waals surface area (Å²) in [5.74, 6) is -2.01. The molecule has 0 aliphatic heterocycles. The largest absolute Gasteiger partial charge is 0.466 e. The molecule has 0 aliphatic carbocycles. The Morgan fingerprint density at radius 1 is 1.32 bits per heavy atom. The molecular weight excluding hydrogens is 354 g/mol. The van der Waals surface area contributed by atoms with Crippen molar-refractivity contribution in [1.29, 1.82) is 0 Å². The number of hydrogen-bond acceptors (Lipinski definition) is 6. The van der Waals surface area contributed by atoms with E-state index in [1.54, 1.807) is 18.5 Å². The Hall–Kier alpha value is -2.49. The van der Waals surface area contributed by atoms with E-state index in [0.717, 1.165) is 30.0 Å². The molecular formula is C15H16F2N4O3S. The first-order chi connectivity index (χ1) is 11.9. The monoisotopic (exact) mass is 370 g/mol. The Morgan fingerprint density at radius 3 is 2.80 bits per heavy atom. The number of nitrogens with one attached hydrogen (secondary N) is 1. The van der Waals surface area contributed by atoms with Gasteiger partial charge in [-0.05, 0) is 19.1 Å². The van der Waals surface area contributed by atoms with E-state index in [1.165, 1.54) is 0 Å². The van der Waals surface area contributed by atoms with Crippen molar-refractivity contribution in [2.24, 2.45) is 7.05 Å². The SMILES string of the molecule is CCOC(=O)Cc1nnc(SCC(=O)Nc2cc(F)ccc2F)n1C. The average Bonchev–Trinajstić information content (AvgIpc) is 2.89. The second-order valence-corrected chi connectivity index (χ2v) is 5.84. The molecule has 0 radical (unpaired) electrons. The number of esters is 1. The van der Waals surface area contributed by atoms with Crippen molar-refractivity contribution in [2.75, 3.05) is 17.7 Å². The smallest absolute Gasteiger partial charge is 0.313 e. The molecule has 2 rings (SSSR count). The molecule has 0 spiro atoms. The second-order valence-electron chi connectivity index (χ2n) is 4.90.